The fourth-order valence-corrected chi connectivity index (χ4v) is 4.68. The number of fused-ring (bicyclic) bond motifs is 1. The Morgan fingerprint density at radius 2 is 2.06 bits per heavy atom. The number of nitrogens with zero attached hydrogens (tertiary/aromatic N) is 3. The third kappa shape index (κ3) is 1.86. The van der Waals surface area contributed by atoms with Gasteiger partial charge in [0.15, 0.2) is 0 Å². The average molecular weight is 324 g/mol. The molecule has 3 rings (SSSR count). The monoisotopic (exact) mass is 325 g/mol. The van der Waals surface area contributed by atoms with Crippen molar-refractivity contribution in [1.29, 1.82) is 0 Å². The molecule has 0 radical (unpaired) electrons. The van der Waals surface area contributed by atoms with Gasteiger partial charge < -0.3 is 0 Å². The summed E-state index contributed by atoms with van der Waals surface area (Å²) in [6.45, 7) is 4.16. The molecule has 0 aliphatic carbocycles. The van der Waals surface area contributed by atoms with Crippen LogP contribution in [0, 0.1) is 0 Å². The van der Waals surface area contributed by atoms with Gasteiger partial charge in [0.1, 0.15) is 0 Å². The first kappa shape index (κ1) is 11.8. The van der Waals surface area contributed by atoms with Crippen molar-refractivity contribution >= 4 is 35.7 Å². The second kappa shape index (κ2) is 4.46. The second-order valence-corrected chi connectivity index (χ2v) is 7.32. The van der Waals surface area contributed by atoms with Crippen molar-refractivity contribution < 1.29 is 0 Å². The van der Waals surface area contributed by atoms with E-state index in [-0.39, 0.29) is 20.3 Å². The quantitative estimate of drug-likeness (QED) is 0.678. The summed E-state index contributed by atoms with van der Waals surface area (Å²) in [5.41, 5.74) is 0.0528. The zero-order valence-electron chi connectivity index (χ0n) is 9.95. The van der Waals surface area contributed by atoms with Crippen molar-refractivity contribution in [3.63, 3.8) is 0 Å². The Balaban J connectivity index is 2.19. The first-order chi connectivity index (χ1) is 8.66. The van der Waals surface area contributed by atoms with Crippen LogP contribution >= 0.6 is 11.3 Å². The number of hydrogen-bond donors (Lipinski definition) is 0. The molecular formula is C12H11N3OSSe. The molecule has 0 bridgehead atoms. The third-order valence-corrected chi connectivity index (χ3v) is 6.31. The summed E-state index contributed by atoms with van der Waals surface area (Å²) in [5, 5.41) is 10.8. The van der Waals surface area contributed by atoms with Crippen LogP contribution < -0.4 is 5.56 Å². The molecule has 0 saturated carbocycles. The molecule has 0 N–H and O–H groups in total. The maximum atomic E-state index is 12.3. The number of rotatable bonds is 2. The van der Waals surface area contributed by atoms with Crippen LogP contribution in [0.25, 0.3) is 14.8 Å². The fraction of sp³-hybridized carbons (Fsp3) is 0.250. The molecule has 18 heavy (non-hydrogen) atoms. The molecule has 2 heterocycles. The van der Waals surface area contributed by atoms with E-state index in [9.17, 15) is 4.79 Å². The summed E-state index contributed by atoms with van der Waals surface area (Å²) in [5.74, 6) is 0.351. The van der Waals surface area contributed by atoms with E-state index >= 15 is 0 Å². The van der Waals surface area contributed by atoms with Crippen molar-refractivity contribution in [3.05, 3.63) is 39.6 Å². The van der Waals surface area contributed by atoms with Crippen LogP contribution in [0.4, 0.5) is 0 Å². The van der Waals surface area contributed by atoms with E-state index in [4.69, 9.17) is 0 Å². The van der Waals surface area contributed by atoms with Gasteiger partial charge in [-0.3, -0.25) is 0 Å². The number of aromatic nitrogens is 3. The predicted octanol–water partition coefficient (Wildman–Crippen LogP) is 2.02. The second-order valence-electron chi connectivity index (χ2n) is 4.26. The molecule has 1 aromatic carbocycles. The maximum absolute atomic E-state index is 12.3. The Kier molecular flexibility index (Phi) is 2.93. The van der Waals surface area contributed by atoms with Crippen LogP contribution in [0.5, 0.6) is 0 Å². The van der Waals surface area contributed by atoms with Crippen LogP contribution in [-0.2, 0) is 0 Å². The third-order valence-electron chi connectivity index (χ3n) is 2.59. The van der Waals surface area contributed by atoms with Crippen LogP contribution in [0.1, 0.15) is 24.8 Å². The molecule has 0 spiro atoms. The Bertz CT molecular complexity index is 756. The topological polar surface area (TPSA) is 47.8 Å². The van der Waals surface area contributed by atoms with Gasteiger partial charge in [-0.15, -0.1) is 0 Å². The average Bonchev–Trinajstić information content (AvgIpc) is 2.95. The molecular weight excluding hydrogens is 313 g/mol. The number of hydrogen-bond acceptors (Lipinski definition) is 4. The van der Waals surface area contributed by atoms with Gasteiger partial charge in [0.05, 0.1) is 0 Å². The van der Waals surface area contributed by atoms with Crippen molar-refractivity contribution in [2.24, 2.45) is 0 Å². The predicted molar refractivity (Wildman–Crippen MR) is 74.0 cm³/mol. The van der Waals surface area contributed by atoms with E-state index < -0.39 is 0 Å². The van der Waals surface area contributed by atoms with Gasteiger partial charge in [0.2, 0.25) is 0 Å². The van der Waals surface area contributed by atoms with Crippen LogP contribution in [0.15, 0.2) is 29.1 Å². The van der Waals surface area contributed by atoms with Gasteiger partial charge in [-0.25, -0.2) is 0 Å². The summed E-state index contributed by atoms with van der Waals surface area (Å²) < 4.78 is 2.89. The Morgan fingerprint density at radius 1 is 1.28 bits per heavy atom. The molecule has 92 valence electrons. The summed E-state index contributed by atoms with van der Waals surface area (Å²) in [6.07, 6.45) is 0. The minimum absolute atomic E-state index is 0.0124. The fourth-order valence-electron chi connectivity index (χ4n) is 1.64. The molecule has 4 nitrogen and oxygen atoms in total. The zero-order chi connectivity index (χ0) is 12.7. The van der Waals surface area contributed by atoms with Gasteiger partial charge in [-0.2, -0.15) is 0 Å². The van der Waals surface area contributed by atoms with Crippen LogP contribution in [0.3, 0.4) is 0 Å². The molecule has 0 aliphatic rings. The van der Waals surface area contributed by atoms with E-state index in [1.807, 2.05) is 24.3 Å². The molecule has 0 aliphatic heterocycles. The molecule has 2 aromatic heterocycles. The Hall–Kier alpha value is -1.23. The summed E-state index contributed by atoms with van der Waals surface area (Å²) in [4.78, 5) is 12.3. The van der Waals surface area contributed by atoms with Crippen molar-refractivity contribution in [3.8, 4) is 5.13 Å². The van der Waals surface area contributed by atoms with Crippen molar-refractivity contribution in [2.75, 3.05) is 0 Å². The van der Waals surface area contributed by atoms with E-state index in [1.165, 1.54) is 11.3 Å². The van der Waals surface area contributed by atoms with Gasteiger partial charge in [0.25, 0.3) is 0 Å². The van der Waals surface area contributed by atoms with Crippen LogP contribution in [-0.4, -0.2) is 28.5 Å². The number of benzene rings is 1. The zero-order valence-corrected chi connectivity index (χ0v) is 12.5. The van der Waals surface area contributed by atoms with Crippen molar-refractivity contribution in [1.82, 2.24) is 13.8 Å². The SMILES string of the molecule is CC(C)c1nnc(-n2[se]c3ccccc3c2=O)s1. The Labute approximate surface area is 114 Å². The molecule has 0 fully saturated rings. The molecule has 0 atom stereocenters. The molecule has 0 unspecified atom stereocenters. The molecule has 3 aromatic rings. The van der Waals surface area contributed by atoms with Crippen LogP contribution in [0.2, 0.25) is 0 Å². The summed E-state index contributed by atoms with van der Waals surface area (Å²) >= 11 is 1.50. The van der Waals surface area contributed by atoms with E-state index in [0.29, 0.717) is 5.92 Å². The Morgan fingerprint density at radius 3 is 2.72 bits per heavy atom. The standard InChI is InChI=1S/C12H11N3OSSe/c1-7(2)10-13-14-12(17-10)15-11(16)8-5-3-4-6-9(8)18-15/h3-7H,1-2H3. The first-order valence-electron chi connectivity index (χ1n) is 5.61. The summed E-state index contributed by atoms with van der Waals surface area (Å²) in [6, 6.07) is 7.76. The molecule has 0 saturated heterocycles. The first-order valence-corrected chi connectivity index (χ1v) is 8.05. The van der Waals surface area contributed by atoms with Crippen molar-refractivity contribution in [2.45, 2.75) is 19.8 Å². The van der Waals surface area contributed by atoms with E-state index in [2.05, 4.69) is 24.0 Å². The van der Waals surface area contributed by atoms with Gasteiger partial charge in [0, 0.05) is 0 Å². The molecule has 6 heteroatoms. The van der Waals surface area contributed by atoms with E-state index in [1.54, 1.807) is 3.56 Å². The normalized spacial score (nSPS) is 11.5. The van der Waals surface area contributed by atoms with Gasteiger partial charge in [-0.1, -0.05) is 0 Å². The molecule has 0 amide bonds. The van der Waals surface area contributed by atoms with Gasteiger partial charge in [-0.05, 0) is 0 Å². The summed E-state index contributed by atoms with van der Waals surface area (Å²) in [7, 11) is 0. The minimum atomic E-state index is -0.0124. The van der Waals surface area contributed by atoms with E-state index in [0.717, 1.165) is 19.8 Å². The van der Waals surface area contributed by atoms with Gasteiger partial charge >= 0.3 is 114 Å².